The first-order valence-corrected chi connectivity index (χ1v) is 20.9. The molecule has 3 atom stereocenters. The van der Waals surface area contributed by atoms with Crippen molar-refractivity contribution in [1.29, 1.82) is 0 Å². The molecule has 0 N–H and O–H groups in total. The van der Waals surface area contributed by atoms with Crippen molar-refractivity contribution in [2.24, 2.45) is 0 Å². The summed E-state index contributed by atoms with van der Waals surface area (Å²) in [5.74, 6) is -3.94. The van der Waals surface area contributed by atoms with Gasteiger partial charge < -0.3 is 27.1 Å². The summed E-state index contributed by atoms with van der Waals surface area (Å²) >= 11 is 34.1. The second-order valence-electron chi connectivity index (χ2n) is 7.09. The largest absolute Gasteiger partial charge is 0.359 e. The van der Waals surface area contributed by atoms with Crippen LogP contribution in [0.2, 0.25) is 0 Å². The number of alkyl halides is 6. The molecular formula is C18H36Cl6O12P4. The lowest BCUT2D eigenvalue weighted by Crippen LogP contribution is -2.20. The molecule has 12 nitrogen and oxygen atoms in total. The second kappa shape index (κ2) is 23.8. The molecule has 0 aromatic carbocycles. The number of hydrogen-bond donors (Lipinski definition) is 0. The van der Waals surface area contributed by atoms with Crippen molar-refractivity contribution in [2.45, 2.75) is 38.3 Å². The molecule has 0 spiro atoms. The minimum atomic E-state index is -4.00. The molecule has 3 unspecified atom stereocenters. The van der Waals surface area contributed by atoms with Gasteiger partial charge in [0.1, 0.15) is 0 Å². The molecule has 0 aromatic rings. The van der Waals surface area contributed by atoms with Crippen LogP contribution in [0.15, 0.2) is 0 Å². The third-order valence-corrected chi connectivity index (χ3v) is 13.3. The molecule has 0 rings (SSSR count). The Morgan fingerprint density at radius 2 is 0.625 bits per heavy atom. The normalized spacial score (nSPS) is 16.1. The summed E-state index contributed by atoms with van der Waals surface area (Å²) in [6.45, 7) is 3.27. The highest BCUT2D eigenvalue weighted by Gasteiger charge is 2.44. The molecular weight excluding hydrogens is 745 g/mol. The van der Waals surface area contributed by atoms with E-state index in [1.165, 1.54) is 20.8 Å². The standard InChI is InChI=1S/C18H36Cl6O12P4/c1-16(38(25,28-10-4-19)29-11-5-20)34-37(35-17(2)39(26,30-12-6-21)31-13-7-22)36-18(3)40(27,32-14-8-23)33-15-9-24/h16-18H,4-15H2,1-3H3. The van der Waals surface area contributed by atoms with Gasteiger partial charge in [-0.1, -0.05) is 0 Å². The molecule has 0 fully saturated rings. The van der Waals surface area contributed by atoms with Crippen LogP contribution in [0.1, 0.15) is 20.8 Å². The van der Waals surface area contributed by atoms with Crippen molar-refractivity contribution in [2.75, 3.05) is 74.9 Å². The molecule has 0 amide bonds. The third-order valence-electron chi connectivity index (χ3n) is 4.14. The summed E-state index contributed by atoms with van der Waals surface area (Å²) in [5.41, 5.74) is 0. The highest BCUT2D eigenvalue weighted by molar-refractivity contribution is 7.57. The Labute approximate surface area is 267 Å². The summed E-state index contributed by atoms with van der Waals surface area (Å²) in [7, 11) is -14.7. The van der Waals surface area contributed by atoms with E-state index in [1.807, 2.05) is 0 Å². The van der Waals surface area contributed by atoms with Gasteiger partial charge in [0.05, 0.1) is 39.6 Å². The zero-order valence-corrected chi connectivity index (χ0v) is 30.3. The van der Waals surface area contributed by atoms with Gasteiger partial charge in [0.25, 0.3) is 0 Å². The van der Waals surface area contributed by atoms with Crippen LogP contribution >= 0.6 is 101 Å². The van der Waals surface area contributed by atoms with Gasteiger partial charge in [-0.3, -0.25) is 27.3 Å². The van der Waals surface area contributed by atoms with E-state index in [2.05, 4.69) is 0 Å². The average molecular weight is 781 g/mol. The molecule has 242 valence electrons. The van der Waals surface area contributed by atoms with E-state index in [0.717, 1.165) is 0 Å². The summed E-state index contributed by atoms with van der Waals surface area (Å²) in [4.78, 5) is 0. The molecule has 0 aliphatic rings. The Morgan fingerprint density at radius 3 is 0.775 bits per heavy atom. The average Bonchev–Trinajstić information content (AvgIpc) is 2.94. The van der Waals surface area contributed by atoms with E-state index < -0.39 is 48.9 Å². The van der Waals surface area contributed by atoms with Crippen LogP contribution in [0.4, 0.5) is 0 Å². The highest BCUT2D eigenvalue weighted by atomic mass is 35.5. The number of rotatable bonds is 27. The summed E-state index contributed by atoms with van der Waals surface area (Å²) < 4.78 is 89.9. The quantitative estimate of drug-likeness (QED) is 0.0585. The van der Waals surface area contributed by atoms with Gasteiger partial charge in [0.2, 0.25) is 0 Å². The molecule has 0 saturated heterocycles. The molecule has 0 aliphatic carbocycles. The van der Waals surface area contributed by atoms with Crippen molar-refractivity contribution in [1.82, 2.24) is 0 Å². The summed E-state index contributed by atoms with van der Waals surface area (Å²) in [6, 6.07) is 0. The van der Waals surface area contributed by atoms with Gasteiger partial charge >= 0.3 is 31.4 Å². The van der Waals surface area contributed by atoms with Crippen LogP contribution in [0.25, 0.3) is 0 Å². The van der Waals surface area contributed by atoms with Gasteiger partial charge in [0.15, 0.2) is 17.5 Å². The molecule has 0 aromatic heterocycles. The first kappa shape index (κ1) is 42.5. The van der Waals surface area contributed by atoms with Crippen molar-refractivity contribution in [3.8, 4) is 0 Å². The zero-order valence-electron chi connectivity index (χ0n) is 22.2. The zero-order chi connectivity index (χ0) is 30.7. The minimum Gasteiger partial charge on any atom is -0.306 e. The Bertz CT molecular complexity index is 671. The molecule has 0 bridgehead atoms. The Balaban J connectivity index is 6.21. The lowest BCUT2D eigenvalue weighted by molar-refractivity contribution is 0.0916. The minimum absolute atomic E-state index is 0.00871. The summed E-state index contributed by atoms with van der Waals surface area (Å²) in [5, 5.41) is 0. The van der Waals surface area contributed by atoms with E-state index in [9.17, 15) is 13.7 Å². The fourth-order valence-electron chi connectivity index (χ4n) is 2.33. The maximum Gasteiger partial charge on any atom is 0.359 e. The monoisotopic (exact) mass is 778 g/mol. The fourth-order valence-corrected chi connectivity index (χ4v) is 9.97. The lowest BCUT2D eigenvalue weighted by Gasteiger charge is -2.32. The van der Waals surface area contributed by atoms with Gasteiger partial charge in [-0.25, -0.2) is 0 Å². The predicted octanol–water partition coefficient (Wildman–Crippen LogP) is 8.41. The predicted molar refractivity (Wildman–Crippen MR) is 161 cm³/mol. The molecule has 0 heterocycles. The van der Waals surface area contributed by atoms with Crippen LogP contribution in [-0.4, -0.2) is 92.5 Å². The number of halogens is 6. The maximum absolute atomic E-state index is 13.4. The van der Waals surface area contributed by atoms with Crippen molar-refractivity contribution < 1.29 is 54.4 Å². The second-order valence-corrected chi connectivity index (χ2v) is 17.4. The molecule has 0 saturated carbocycles. The van der Waals surface area contributed by atoms with Crippen LogP contribution in [0, 0.1) is 0 Å². The van der Waals surface area contributed by atoms with Crippen molar-refractivity contribution >= 4 is 101 Å². The maximum atomic E-state index is 13.4. The van der Waals surface area contributed by atoms with E-state index in [0.29, 0.717) is 0 Å². The topological polar surface area (TPSA) is 134 Å². The lowest BCUT2D eigenvalue weighted by atomic mass is 10.9. The van der Waals surface area contributed by atoms with Crippen LogP contribution in [0.3, 0.4) is 0 Å². The SMILES string of the molecule is CC(OP(OC(C)P(=O)(OCCCl)OCCCl)OC(C)P(=O)(OCCCl)OCCCl)P(=O)(OCCCl)OCCCl. The smallest absolute Gasteiger partial charge is 0.306 e. The van der Waals surface area contributed by atoms with Crippen molar-refractivity contribution in [3.63, 3.8) is 0 Å². The van der Waals surface area contributed by atoms with E-state index in [4.69, 9.17) is 110 Å². The first-order valence-electron chi connectivity index (χ1n) is 11.7. The van der Waals surface area contributed by atoms with E-state index >= 15 is 0 Å². The highest BCUT2D eigenvalue weighted by Crippen LogP contribution is 2.65. The molecule has 22 heteroatoms. The van der Waals surface area contributed by atoms with Gasteiger partial charge in [0, 0.05) is 35.3 Å². The van der Waals surface area contributed by atoms with Gasteiger partial charge in [-0.2, -0.15) is 0 Å². The van der Waals surface area contributed by atoms with Gasteiger partial charge in [-0.05, 0) is 20.8 Å². The van der Waals surface area contributed by atoms with Crippen LogP contribution in [0.5, 0.6) is 0 Å². The Kier molecular flexibility index (Phi) is 25.3. The van der Waals surface area contributed by atoms with E-state index in [-0.39, 0.29) is 74.9 Å². The fraction of sp³-hybridized carbons (Fsp3) is 1.00. The van der Waals surface area contributed by atoms with Crippen LogP contribution in [-0.2, 0) is 54.4 Å². The Morgan fingerprint density at radius 1 is 0.450 bits per heavy atom. The molecule has 40 heavy (non-hydrogen) atoms. The molecule has 0 radical (unpaired) electrons. The van der Waals surface area contributed by atoms with Gasteiger partial charge in [-0.15, -0.1) is 69.6 Å². The summed E-state index contributed by atoms with van der Waals surface area (Å²) in [6.07, 6.45) is 0. The number of hydrogen-bond acceptors (Lipinski definition) is 12. The van der Waals surface area contributed by atoms with E-state index in [1.54, 1.807) is 0 Å². The third kappa shape index (κ3) is 16.2. The van der Waals surface area contributed by atoms with Crippen LogP contribution < -0.4 is 0 Å². The van der Waals surface area contributed by atoms with Crippen molar-refractivity contribution in [3.05, 3.63) is 0 Å². The Hall–Kier alpha value is 2.50. The molecule has 0 aliphatic heterocycles. The first-order chi connectivity index (χ1) is 18.9.